The van der Waals surface area contributed by atoms with Crippen molar-refractivity contribution in [2.45, 2.75) is 39.2 Å². The molecule has 0 aromatic heterocycles. The number of hydrogen-bond donors (Lipinski definition) is 1. The van der Waals surface area contributed by atoms with Gasteiger partial charge >= 0.3 is 5.97 Å². The minimum atomic E-state index is -0.880. The lowest BCUT2D eigenvalue weighted by Gasteiger charge is -2.36. The molecule has 0 aromatic carbocycles. The topological polar surface area (TPSA) is 57.6 Å². The van der Waals surface area contributed by atoms with Gasteiger partial charge in [-0.25, -0.2) is 4.79 Å². The molecule has 0 spiro atoms. The molecule has 1 aliphatic rings. The van der Waals surface area contributed by atoms with Crippen molar-refractivity contribution in [2.24, 2.45) is 5.92 Å². The fraction of sp³-hybridized carbons (Fsp3) is 0.800. The molecular weight excluding hydrogens is 182 g/mol. The molecule has 1 rings (SSSR count). The summed E-state index contributed by atoms with van der Waals surface area (Å²) in [6.45, 7) is 4.11. The molecule has 14 heavy (non-hydrogen) atoms. The molecule has 1 aliphatic heterocycles. The van der Waals surface area contributed by atoms with Crippen LogP contribution in [0.15, 0.2) is 0 Å². The number of hydrogen-bond acceptors (Lipinski definition) is 2. The number of carbonyl (C=O) groups is 2. The standard InChI is InChI=1S/C10H17NO3/c1-3-8-4-5-9(10(13)14)11(6-8)7(2)12/h8-9H,3-6H2,1-2H3,(H,13,14). The zero-order chi connectivity index (χ0) is 10.7. The number of piperidine rings is 1. The van der Waals surface area contributed by atoms with Crippen molar-refractivity contribution in [1.29, 1.82) is 0 Å². The number of carboxylic acid groups (broad SMARTS) is 1. The largest absolute Gasteiger partial charge is 0.480 e. The number of carbonyl (C=O) groups excluding carboxylic acids is 1. The maximum atomic E-state index is 11.2. The SMILES string of the molecule is CCC1CCC(C(=O)O)N(C(C)=O)C1. The lowest BCUT2D eigenvalue weighted by Crippen LogP contribution is -2.49. The summed E-state index contributed by atoms with van der Waals surface area (Å²) in [7, 11) is 0. The number of likely N-dealkylation sites (tertiary alicyclic amines) is 1. The summed E-state index contributed by atoms with van der Waals surface area (Å²) < 4.78 is 0. The van der Waals surface area contributed by atoms with Crippen LogP contribution in [0.1, 0.15) is 33.1 Å². The number of nitrogens with zero attached hydrogens (tertiary/aromatic N) is 1. The van der Waals surface area contributed by atoms with Crippen molar-refractivity contribution in [3.05, 3.63) is 0 Å². The summed E-state index contributed by atoms with van der Waals surface area (Å²) in [4.78, 5) is 23.6. The number of amides is 1. The number of rotatable bonds is 2. The van der Waals surface area contributed by atoms with E-state index in [2.05, 4.69) is 6.92 Å². The van der Waals surface area contributed by atoms with Gasteiger partial charge in [0.15, 0.2) is 0 Å². The van der Waals surface area contributed by atoms with Gasteiger partial charge in [0.2, 0.25) is 5.91 Å². The van der Waals surface area contributed by atoms with Crippen LogP contribution in [0.25, 0.3) is 0 Å². The predicted molar refractivity (Wildman–Crippen MR) is 51.8 cm³/mol. The van der Waals surface area contributed by atoms with Crippen molar-refractivity contribution in [1.82, 2.24) is 4.90 Å². The Morgan fingerprint density at radius 1 is 1.43 bits per heavy atom. The maximum Gasteiger partial charge on any atom is 0.326 e. The molecule has 1 saturated heterocycles. The van der Waals surface area contributed by atoms with E-state index < -0.39 is 12.0 Å². The highest BCUT2D eigenvalue weighted by Gasteiger charge is 2.33. The highest BCUT2D eigenvalue weighted by Crippen LogP contribution is 2.24. The van der Waals surface area contributed by atoms with Gasteiger partial charge in [-0.05, 0) is 18.8 Å². The van der Waals surface area contributed by atoms with Crippen LogP contribution in [0.3, 0.4) is 0 Å². The van der Waals surface area contributed by atoms with Crippen LogP contribution in [0.2, 0.25) is 0 Å². The van der Waals surface area contributed by atoms with Crippen LogP contribution in [-0.4, -0.2) is 34.5 Å². The molecule has 1 heterocycles. The molecule has 0 saturated carbocycles. The molecule has 1 N–H and O–H groups in total. The molecule has 1 fully saturated rings. The van der Waals surface area contributed by atoms with E-state index in [1.807, 2.05) is 0 Å². The average Bonchev–Trinajstić information content (AvgIpc) is 2.16. The van der Waals surface area contributed by atoms with Crippen molar-refractivity contribution >= 4 is 11.9 Å². The van der Waals surface area contributed by atoms with Crippen LogP contribution >= 0.6 is 0 Å². The summed E-state index contributed by atoms with van der Waals surface area (Å²) in [5.41, 5.74) is 0. The van der Waals surface area contributed by atoms with Gasteiger partial charge in [0.25, 0.3) is 0 Å². The Balaban J connectivity index is 2.70. The van der Waals surface area contributed by atoms with Crippen molar-refractivity contribution < 1.29 is 14.7 Å². The summed E-state index contributed by atoms with van der Waals surface area (Å²) in [5, 5.41) is 8.92. The van der Waals surface area contributed by atoms with E-state index in [1.165, 1.54) is 11.8 Å². The van der Waals surface area contributed by atoms with Gasteiger partial charge in [-0.3, -0.25) is 4.79 Å². The zero-order valence-corrected chi connectivity index (χ0v) is 8.69. The summed E-state index contributed by atoms with van der Waals surface area (Å²) in [6.07, 6.45) is 2.51. The monoisotopic (exact) mass is 199 g/mol. The molecule has 4 heteroatoms. The first-order chi connectivity index (χ1) is 6.56. The second kappa shape index (κ2) is 4.44. The molecule has 0 bridgehead atoms. The van der Waals surface area contributed by atoms with E-state index in [0.717, 1.165) is 12.8 Å². The molecule has 80 valence electrons. The van der Waals surface area contributed by atoms with E-state index in [-0.39, 0.29) is 5.91 Å². The molecular formula is C10H17NO3. The molecule has 2 atom stereocenters. The van der Waals surface area contributed by atoms with Gasteiger partial charge in [-0.1, -0.05) is 13.3 Å². The van der Waals surface area contributed by atoms with Crippen molar-refractivity contribution in [3.8, 4) is 0 Å². The Labute approximate surface area is 83.9 Å². The molecule has 0 aliphatic carbocycles. The third-order valence-corrected chi connectivity index (χ3v) is 2.95. The number of aliphatic carboxylic acids is 1. The predicted octanol–water partition coefficient (Wildman–Crippen LogP) is 1.11. The van der Waals surface area contributed by atoms with Crippen LogP contribution in [0, 0.1) is 5.92 Å². The van der Waals surface area contributed by atoms with Crippen LogP contribution in [-0.2, 0) is 9.59 Å². The van der Waals surface area contributed by atoms with Crippen LogP contribution in [0.5, 0.6) is 0 Å². The summed E-state index contributed by atoms with van der Waals surface area (Å²) >= 11 is 0. The summed E-state index contributed by atoms with van der Waals surface area (Å²) in [6, 6.07) is -0.602. The van der Waals surface area contributed by atoms with Gasteiger partial charge in [-0.15, -0.1) is 0 Å². The van der Waals surface area contributed by atoms with Gasteiger partial charge in [0.1, 0.15) is 6.04 Å². The van der Waals surface area contributed by atoms with E-state index in [1.54, 1.807) is 0 Å². The quantitative estimate of drug-likeness (QED) is 0.724. The highest BCUT2D eigenvalue weighted by molar-refractivity contribution is 5.82. The molecule has 4 nitrogen and oxygen atoms in total. The lowest BCUT2D eigenvalue weighted by atomic mass is 9.91. The average molecular weight is 199 g/mol. The smallest absolute Gasteiger partial charge is 0.326 e. The fourth-order valence-electron chi connectivity index (χ4n) is 1.98. The van der Waals surface area contributed by atoms with Crippen LogP contribution in [0.4, 0.5) is 0 Å². The van der Waals surface area contributed by atoms with Gasteiger partial charge in [0.05, 0.1) is 0 Å². The molecule has 0 aromatic rings. The van der Waals surface area contributed by atoms with E-state index in [4.69, 9.17) is 5.11 Å². The first-order valence-corrected chi connectivity index (χ1v) is 5.06. The molecule has 1 amide bonds. The number of carboxylic acids is 1. The Bertz CT molecular complexity index is 240. The van der Waals surface area contributed by atoms with Gasteiger partial charge < -0.3 is 10.0 Å². The third-order valence-electron chi connectivity index (χ3n) is 2.95. The first-order valence-electron chi connectivity index (χ1n) is 5.06. The molecule has 2 unspecified atom stereocenters. The lowest BCUT2D eigenvalue weighted by molar-refractivity contribution is -0.152. The first kappa shape index (κ1) is 11.0. The fourth-order valence-corrected chi connectivity index (χ4v) is 1.98. The second-order valence-electron chi connectivity index (χ2n) is 3.88. The second-order valence-corrected chi connectivity index (χ2v) is 3.88. The minimum Gasteiger partial charge on any atom is -0.480 e. The normalized spacial score (nSPS) is 27.4. The van der Waals surface area contributed by atoms with Crippen molar-refractivity contribution in [2.75, 3.05) is 6.54 Å². The zero-order valence-electron chi connectivity index (χ0n) is 8.69. The highest BCUT2D eigenvalue weighted by atomic mass is 16.4. The van der Waals surface area contributed by atoms with Crippen LogP contribution < -0.4 is 0 Å². The Hall–Kier alpha value is -1.06. The van der Waals surface area contributed by atoms with E-state index >= 15 is 0 Å². The maximum absolute atomic E-state index is 11.2. The van der Waals surface area contributed by atoms with Gasteiger partial charge in [0, 0.05) is 13.5 Å². The Kier molecular flexibility index (Phi) is 3.49. The van der Waals surface area contributed by atoms with Crippen molar-refractivity contribution in [3.63, 3.8) is 0 Å². The van der Waals surface area contributed by atoms with E-state index in [9.17, 15) is 9.59 Å². The summed E-state index contributed by atoms with van der Waals surface area (Å²) in [5.74, 6) is -0.542. The van der Waals surface area contributed by atoms with E-state index in [0.29, 0.717) is 18.9 Å². The van der Waals surface area contributed by atoms with Gasteiger partial charge in [-0.2, -0.15) is 0 Å². The Morgan fingerprint density at radius 3 is 2.50 bits per heavy atom. The molecule has 0 radical (unpaired) electrons. The Morgan fingerprint density at radius 2 is 2.07 bits per heavy atom. The minimum absolute atomic E-state index is 0.129. The third kappa shape index (κ3) is 2.25.